The molecular formula is C17H31N. The number of nitrogens with one attached hydrogen (secondary N) is 1. The second kappa shape index (κ2) is 15.9. The van der Waals surface area contributed by atoms with Crippen molar-refractivity contribution in [2.75, 3.05) is 7.05 Å². The standard InChI is InChI=1S/C14H25N.C3H6/c1-5-8-13(9-6-2)11-12-14(15-4)10-7-3;1-3-2/h5-6,8-9,14-15H,1,7,10-12H2,2-4H3;3H,1H2,2H3/b9-6-,13-8+;. The number of allylic oxidation sites excluding steroid dienone is 6. The van der Waals surface area contributed by atoms with Gasteiger partial charge in [-0.05, 0) is 45.7 Å². The minimum absolute atomic E-state index is 0.647. The summed E-state index contributed by atoms with van der Waals surface area (Å²) in [6, 6.07) is 0.647. The maximum absolute atomic E-state index is 3.74. The van der Waals surface area contributed by atoms with Gasteiger partial charge in [-0.1, -0.05) is 50.3 Å². The minimum atomic E-state index is 0.647. The fraction of sp³-hybridized carbons (Fsp3) is 0.529. The van der Waals surface area contributed by atoms with Crippen molar-refractivity contribution in [1.82, 2.24) is 5.32 Å². The van der Waals surface area contributed by atoms with Crippen LogP contribution in [0.1, 0.15) is 46.5 Å². The molecule has 0 aliphatic carbocycles. The molecule has 0 amide bonds. The van der Waals surface area contributed by atoms with Crippen molar-refractivity contribution in [2.24, 2.45) is 0 Å². The zero-order valence-electron chi connectivity index (χ0n) is 12.7. The smallest absolute Gasteiger partial charge is 0.00671 e. The van der Waals surface area contributed by atoms with E-state index < -0.39 is 0 Å². The minimum Gasteiger partial charge on any atom is -0.317 e. The summed E-state index contributed by atoms with van der Waals surface area (Å²) in [4.78, 5) is 0. The Morgan fingerprint density at radius 1 is 1.22 bits per heavy atom. The molecule has 0 aromatic heterocycles. The highest BCUT2D eigenvalue weighted by molar-refractivity contribution is 5.22. The number of hydrogen-bond donors (Lipinski definition) is 1. The molecule has 0 fully saturated rings. The summed E-state index contributed by atoms with van der Waals surface area (Å²) in [7, 11) is 2.05. The second-order valence-corrected chi connectivity index (χ2v) is 4.20. The van der Waals surface area contributed by atoms with E-state index in [4.69, 9.17) is 0 Å². The summed E-state index contributed by atoms with van der Waals surface area (Å²) in [6.07, 6.45) is 14.8. The Hall–Kier alpha value is -1.08. The summed E-state index contributed by atoms with van der Waals surface area (Å²) in [6.45, 7) is 13.3. The lowest BCUT2D eigenvalue weighted by Gasteiger charge is -2.15. The molecule has 0 aliphatic rings. The molecule has 0 aromatic rings. The van der Waals surface area contributed by atoms with E-state index in [1.165, 1.54) is 24.8 Å². The van der Waals surface area contributed by atoms with Crippen LogP contribution in [0.15, 0.2) is 49.1 Å². The van der Waals surface area contributed by atoms with Crippen LogP contribution in [0.25, 0.3) is 0 Å². The zero-order chi connectivity index (χ0) is 14.2. The van der Waals surface area contributed by atoms with Crippen molar-refractivity contribution in [2.45, 2.75) is 52.5 Å². The molecule has 0 aromatic carbocycles. The molecule has 0 heterocycles. The van der Waals surface area contributed by atoms with Crippen LogP contribution in [0.3, 0.4) is 0 Å². The molecule has 0 aliphatic heterocycles. The van der Waals surface area contributed by atoms with Crippen molar-refractivity contribution >= 4 is 0 Å². The van der Waals surface area contributed by atoms with E-state index >= 15 is 0 Å². The highest BCUT2D eigenvalue weighted by Gasteiger charge is 2.04. The van der Waals surface area contributed by atoms with Crippen molar-refractivity contribution in [1.29, 1.82) is 0 Å². The third kappa shape index (κ3) is 13.0. The van der Waals surface area contributed by atoms with Crippen LogP contribution in [0, 0.1) is 0 Å². The Bertz CT molecular complexity index is 248. The highest BCUT2D eigenvalue weighted by Crippen LogP contribution is 2.12. The average molecular weight is 249 g/mol. The van der Waals surface area contributed by atoms with E-state index in [9.17, 15) is 0 Å². The average Bonchev–Trinajstić information content (AvgIpc) is 2.35. The van der Waals surface area contributed by atoms with Gasteiger partial charge in [0.15, 0.2) is 0 Å². The van der Waals surface area contributed by atoms with Crippen molar-refractivity contribution < 1.29 is 0 Å². The summed E-state index contributed by atoms with van der Waals surface area (Å²) >= 11 is 0. The third-order valence-electron chi connectivity index (χ3n) is 2.54. The summed E-state index contributed by atoms with van der Waals surface area (Å²) in [5.41, 5.74) is 1.36. The van der Waals surface area contributed by atoms with Gasteiger partial charge in [-0.25, -0.2) is 0 Å². The highest BCUT2D eigenvalue weighted by atomic mass is 14.9. The van der Waals surface area contributed by atoms with Gasteiger partial charge in [0.05, 0.1) is 0 Å². The fourth-order valence-corrected chi connectivity index (χ4v) is 1.71. The molecule has 1 nitrogen and oxygen atoms in total. The van der Waals surface area contributed by atoms with Crippen LogP contribution < -0.4 is 5.32 Å². The quantitative estimate of drug-likeness (QED) is 0.469. The van der Waals surface area contributed by atoms with Gasteiger partial charge in [0.1, 0.15) is 0 Å². The van der Waals surface area contributed by atoms with Gasteiger partial charge in [-0.3, -0.25) is 0 Å². The van der Waals surface area contributed by atoms with Gasteiger partial charge in [0.2, 0.25) is 0 Å². The van der Waals surface area contributed by atoms with Gasteiger partial charge in [-0.15, -0.1) is 6.58 Å². The van der Waals surface area contributed by atoms with Crippen molar-refractivity contribution in [3.63, 3.8) is 0 Å². The molecular weight excluding hydrogens is 218 g/mol. The van der Waals surface area contributed by atoms with Gasteiger partial charge in [0, 0.05) is 6.04 Å². The molecule has 1 atom stereocenters. The first-order valence-electron chi connectivity index (χ1n) is 6.88. The largest absolute Gasteiger partial charge is 0.317 e. The zero-order valence-corrected chi connectivity index (χ0v) is 12.7. The molecule has 0 saturated heterocycles. The fourth-order valence-electron chi connectivity index (χ4n) is 1.71. The second-order valence-electron chi connectivity index (χ2n) is 4.20. The van der Waals surface area contributed by atoms with E-state index in [0.717, 1.165) is 6.42 Å². The predicted octanol–water partition coefficient (Wildman–Crippen LogP) is 5.04. The van der Waals surface area contributed by atoms with Gasteiger partial charge >= 0.3 is 0 Å². The molecule has 0 spiro atoms. The number of hydrogen-bond acceptors (Lipinski definition) is 1. The molecule has 18 heavy (non-hydrogen) atoms. The maximum Gasteiger partial charge on any atom is 0.00671 e. The molecule has 1 heteroatoms. The van der Waals surface area contributed by atoms with Crippen LogP contribution >= 0.6 is 0 Å². The van der Waals surface area contributed by atoms with E-state index in [1.807, 2.05) is 20.0 Å². The molecule has 0 bridgehead atoms. The SMILES string of the molecule is C=C/C=C(\C=C/C)CCC(CCC)NC.C=CC. The lowest BCUT2D eigenvalue weighted by atomic mass is 10.0. The molecule has 1 N–H and O–H groups in total. The molecule has 1 unspecified atom stereocenters. The normalized spacial score (nSPS) is 12.8. The first-order chi connectivity index (χ1) is 8.69. The first-order valence-corrected chi connectivity index (χ1v) is 6.88. The van der Waals surface area contributed by atoms with Gasteiger partial charge < -0.3 is 5.32 Å². The maximum atomic E-state index is 3.74. The summed E-state index contributed by atoms with van der Waals surface area (Å²) in [5, 5.41) is 3.37. The van der Waals surface area contributed by atoms with E-state index in [0.29, 0.717) is 6.04 Å². The Morgan fingerprint density at radius 3 is 2.22 bits per heavy atom. The third-order valence-corrected chi connectivity index (χ3v) is 2.54. The van der Waals surface area contributed by atoms with Crippen LogP contribution in [0.2, 0.25) is 0 Å². The van der Waals surface area contributed by atoms with E-state index in [-0.39, 0.29) is 0 Å². The van der Waals surface area contributed by atoms with Crippen LogP contribution in [0.5, 0.6) is 0 Å². The summed E-state index contributed by atoms with van der Waals surface area (Å²) in [5.74, 6) is 0. The predicted molar refractivity (Wildman–Crippen MR) is 86.0 cm³/mol. The molecule has 104 valence electrons. The Morgan fingerprint density at radius 2 is 1.83 bits per heavy atom. The Kier molecular flexibility index (Phi) is 17.0. The van der Waals surface area contributed by atoms with Crippen LogP contribution in [-0.2, 0) is 0 Å². The van der Waals surface area contributed by atoms with Gasteiger partial charge in [0.25, 0.3) is 0 Å². The van der Waals surface area contributed by atoms with Gasteiger partial charge in [-0.2, -0.15) is 0 Å². The van der Waals surface area contributed by atoms with Crippen LogP contribution in [0.4, 0.5) is 0 Å². The lowest BCUT2D eigenvalue weighted by molar-refractivity contribution is 0.485. The van der Waals surface area contributed by atoms with Crippen molar-refractivity contribution in [3.05, 3.63) is 49.1 Å². The topological polar surface area (TPSA) is 12.0 Å². The van der Waals surface area contributed by atoms with Crippen molar-refractivity contribution in [3.8, 4) is 0 Å². The number of rotatable bonds is 8. The van der Waals surface area contributed by atoms with E-state index in [1.54, 1.807) is 6.08 Å². The molecule has 0 saturated carbocycles. The molecule has 0 rings (SSSR count). The lowest BCUT2D eigenvalue weighted by Crippen LogP contribution is -2.24. The summed E-state index contributed by atoms with van der Waals surface area (Å²) < 4.78 is 0. The Balaban J connectivity index is 0. The van der Waals surface area contributed by atoms with Crippen LogP contribution in [-0.4, -0.2) is 13.1 Å². The Labute approximate surface area is 114 Å². The first kappa shape index (κ1) is 19.3. The monoisotopic (exact) mass is 249 g/mol. The van der Waals surface area contributed by atoms with E-state index in [2.05, 4.69) is 50.6 Å². The molecule has 0 radical (unpaired) electrons.